The fourth-order valence-corrected chi connectivity index (χ4v) is 6.34. The van der Waals surface area contributed by atoms with Crippen molar-refractivity contribution in [1.29, 1.82) is 0 Å². The van der Waals surface area contributed by atoms with Gasteiger partial charge in [-0.2, -0.15) is 0 Å². The summed E-state index contributed by atoms with van der Waals surface area (Å²) >= 11 is 0.921. The van der Waals surface area contributed by atoms with Gasteiger partial charge in [-0.15, -0.1) is 11.8 Å². The van der Waals surface area contributed by atoms with Crippen LogP contribution in [0.2, 0.25) is 0 Å². The first-order chi connectivity index (χ1) is 24.0. The smallest absolute Gasteiger partial charge is 0.248 e. The number of ketones is 4. The molecule has 1 aromatic carbocycles. The fourth-order valence-electron chi connectivity index (χ4n) is 5.71. The Balaban J connectivity index is 2.08. The average molecular weight is 718 g/mol. The lowest BCUT2D eigenvalue weighted by Gasteiger charge is -2.24. The van der Waals surface area contributed by atoms with Crippen LogP contribution >= 0.6 is 11.8 Å². The van der Waals surface area contributed by atoms with Gasteiger partial charge in [0.1, 0.15) is 11.4 Å². The number of carbonyl (C=O) groups is 5. The quantitative estimate of drug-likeness (QED) is 0.236. The number of phenols is 1. The highest BCUT2D eigenvalue weighted by atomic mass is 32.2. The number of aliphatic hydroxyl groups excluding tert-OH is 3. The van der Waals surface area contributed by atoms with Crippen LogP contribution in [0.3, 0.4) is 0 Å². The molecule has 272 valence electrons. The number of aliphatic hydroxyl groups is 3. The molecule has 5 N–H and O–H groups in total. The number of phenolic OH excluding ortho intramolecular Hbond substituents is 1. The standard InChI is InChI=1S/C40H47NO9S/c1-21-12-10-8-9-11-13-31(45)41-34-38(49)28-19-26(6)37(48)33(32(28)39(50)40(34)51-7)36(47)25(5)18-24(4)35(46)23(3)15-17-27(42)16-14-22(2)30(44)20-29(21)43/h8-15,17-19,21,23-24,27,29,35,42-43,46,48H,16,20H2,1-7H3,(H,41,45)/b9-8-,12-10+,13-11+,17-15+,22-14+,25-18-/t21-,23+,24+,27-,29+,35+/m1/s1. The maximum Gasteiger partial charge on any atom is 0.248 e. The molecular formula is C40H47NO9S. The molecule has 10 nitrogen and oxygen atoms in total. The highest BCUT2D eigenvalue weighted by Crippen LogP contribution is 2.39. The zero-order valence-corrected chi connectivity index (χ0v) is 30.8. The van der Waals surface area contributed by atoms with E-state index in [-0.39, 0.29) is 63.0 Å². The molecule has 4 rings (SSSR count). The van der Waals surface area contributed by atoms with Crippen molar-refractivity contribution in [3.8, 4) is 5.75 Å². The van der Waals surface area contributed by atoms with E-state index in [1.54, 1.807) is 70.4 Å². The first-order valence-electron chi connectivity index (χ1n) is 16.7. The van der Waals surface area contributed by atoms with Crippen molar-refractivity contribution in [2.45, 2.75) is 72.7 Å². The van der Waals surface area contributed by atoms with Crippen LogP contribution in [0.4, 0.5) is 0 Å². The van der Waals surface area contributed by atoms with Gasteiger partial charge in [-0.3, -0.25) is 24.0 Å². The van der Waals surface area contributed by atoms with Crippen molar-refractivity contribution < 1.29 is 44.4 Å². The number of hydrogen-bond donors (Lipinski definition) is 5. The molecule has 0 saturated heterocycles. The van der Waals surface area contributed by atoms with Crippen molar-refractivity contribution in [2.24, 2.45) is 17.8 Å². The van der Waals surface area contributed by atoms with E-state index in [1.807, 2.05) is 0 Å². The van der Waals surface area contributed by atoms with Gasteiger partial charge in [0.2, 0.25) is 17.5 Å². The zero-order chi connectivity index (χ0) is 38.2. The maximum absolute atomic E-state index is 13.9. The van der Waals surface area contributed by atoms with Crippen molar-refractivity contribution >= 4 is 40.8 Å². The van der Waals surface area contributed by atoms with E-state index < -0.39 is 59.2 Å². The zero-order valence-electron chi connectivity index (χ0n) is 30.0. The second-order valence-electron chi connectivity index (χ2n) is 13.0. The highest BCUT2D eigenvalue weighted by Gasteiger charge is 2.38. The molecule has 1 amide bonds. The number of thioether (sulfide) groups is 1. The van der Waals surface area contributed by atoms with Crippen LogP contribution in [0.25, 0.3) is 0 Å². The van der Waals surface area contributed by atoms with Crippen LogP contribution in [-0.2, 0) is 9.59 Å². The van der Waals surface area contributed by atoms with Gasteiger partial charge in [0.05, 0.1) is 28.8 Å². The first kappa shape index (κ1) is 41.0. The monoisotopic (exact) mass is 717 g/mol. The third kappa shape index (κ3) is 10.1. The second kappa shape index (κ2) is 18.2. The minimum Gasteiger partial charge on any atom is -0.507 e. The largest absolute Gasteiger partial charge is 0.507 e. The number of hydrogen-bond acceptors (Lipinski definition) is 10. The van der Waals surface area contributed by atoms with Gasteiger partial charge in [-0.05, 0) is 56.2 Å². The molecule has 0 radical (unpaired) electrons. The van der Waals surface area contributed by atoms with Gasteiger partial charge in [0.25, 0.3) is 0 Å². The number of carbonyl (C=O) groups excluding carboxylic acids is 5. The molecule has 0 fully saturated rings. The number of aryl methyl sites for hydroxylation is 1. The Bertz CT molecular complexity index is 1790. The van der Waals surface area contributed by atoms with Gasteiger partial charge < -0.3 is 25.7 Å². The molecule has 2 aliphatic heterocycles. The molecule has 0 aromatic heterocycles. The molecule has 1 aromatic rings. The lowest BCUT2D eigenvalue weighted by molar-refractivity contribution is -0.118. The minimum atomic E-state index is -0.992. The van der Waals surface area contributed by atoms with E-state index in [0.29, 0.717) is 5.57 Å². The van der Waals surface area contributed by atoms with Crippen LogP contribution in [-0.4, -0.2) is 74.0 Å². The Morgan fingerprint density at radius 2 is 1.43 bits per heavy atom. The SMILES string of the molecule is CSC1=C2NC(=O)/C=C/C=C\C=C\[C@@H](C)[C@@H](O)CC(=O)/C(C)=C/C[C@@H](O)/C=C/[C@H](C)[C@H](O)[C@@H](C)/C=C(/C)C(=O)c3c(O)c(C)cc(c3C1=O)C2=O. The minimum absolute atomic E-state index is 0.0985. The number of benzene rings is 1. The van der Waals surface area contributed by atoms with Gasteiger partial charge >= 0.3 is 0 Å². The van der Waals surface area contributed by atoms with E-state index in [2.05, 4.69) is 5.32 Å². The third-order valence-corrected chi connectivity index (χ3v) is 9.79. The maximum atomic E-state index is 13.9. The molecule has 1 aliphatic carbocycles. The van der Waals surface area contributed by atoms with Gasteiger partial charge in [-0.1, -0.05) is 75.5 Å². The first-order valence-corrected chi connectivity index (χ1v) is 17.9. The number of Topliss-reactive ketones (excluding diaryl/α,β-unsaturated/α-hetero) is 4. The van der Waals surface area contributed by atoms with Crippen molar-refractivity contribution in [1.82, 2.24) is 5.32 Å². The Labute approximate surface area is 303 Å². The molecule has 0 unspecified atom stereocenters. The molecule has 0 saturated carbocycles. The third-order valence-electron chi connectivity index (χ3n) is 8.99. The molecule has 3 aliphatic rings. The summed E-state index contributed by atoms with van der Waals surface area (Å²) in [5, 5.41) is 45.7. The van der Waals surface area contributed by atoms with E-state index in [4.69, 9.17) is 0 Å². The van der Waals surface area contributed by atoms with Crippen molar-refractivity contribution in [2.75, 3.05) is 6.26 Å². The summed E-state index contributed by atoms with van der Waals surface area (Å²) in [5.41, 5.74) is -0.271. The van der Waals surface area contributed by atoms with Gasteiger partial charge in [0.15, 0.2) is 11.6 Å². The van der Waals surface area contributed by atoms with E-state index in [0.717, 1.165) is 11.8 Å². The predicted molar refractivity (Wildman–Crippen MR) is 198 cm³/mol. The number of allylic oxidation sites excluding steroid dienone is 8. The molecule has 4 bridgehead atoms. The topological polar surface area (TPSA) is 178 Å². The lowest BCUT2D eigenvalue weighted by atomic mass is 9.83. The van der Waals surface area contributed by atoms with Crippen LogP contribution in [0, 0.1) is 24.7 Å². The highest BCUT2D eigenvalue weighted by molar-refractivity contribution is 8.03. The number of nitrogens with one attached hydrogen (secondary N) is 1. The number of fused-ring (bicyclic) bond motifs is 18. The summed E-state index contributed by atoms with van der Waals surface area (Å²) < 4.78 is 0. The average Bonchev–Trinajstić information content (AvgIpc) is 3.09. The summed E-state index contributed by atoms with van der Waals surface area (Å²) in [6, 6.07) is 1.32. The van der Waals surface area contributed by atoms with E-state index in [9.17, 15) is 44.4 Å². The summed E-state index contributed by atoms with van der Waals surface area (Å²) in [5.74, 6) is -4.91. The Morgan fingerprint density at radius 1 is 0.765 bits per heavy atom. The lowest BCUT2D eigenvalue weighted by Crippen LogP contribution is -2.33. The molecule has 2 heterocycles. The molecule has 11 heteroatoms. The normalized spacial score (nSPS) is 31.0. The molecule has 6 atom stereocenters. The summed E-state index contributed by atoms with van der Waals surface area (Å²) in [6.07, 6.45) is 14.1. The van der Waals surface area contributed by atoms with Crippen molar-refractivity contribution in [3.63, 3.8) is 0 Å². The number of amides is 1. The van der Waals surface area contributed by atoms with Crippen LogP contribution in [0.5, 0.6) is 5.75 Å². The van der Waals surface area contributed by atoms with Gasteiger partial charge in [-0.25, -0.2) is 0 Å². The fraction of sp³-hybridized carbons (Fsp3) is 0.375. The summed E-state index contributed by atoms with van der Waals surface area (Å²) in [6.45, 7) is 9.80. The molecule has 51 heavy (non-hydrogen) atoms. The Morgan fingerprint density at radius 3 is 2.10 bits per heavy atom. The summed E-state index contributed by atoms with van der Waals surface area (Å²) in [4.78, 5) is 67.0. The summed E-state index contributed by atoms with van der Waals surface area (Å²) in [7, 11) is 0. The second-order valence-corrected chi connectivity index (χ2v) is 13.9. The molecule has 0 spiro atoms. The van der Waals surface area contributed by atoms with Crippen LogP contribution in [0.1, 0.15) is 84.1 Å². The Hall–Kier alpha value is -4.42. The van der Waals surface area contributed by atoms with Crippen molar-refractivity contribution in [3.05, 3.63) is 111 Å². The predicted octanol–water partition coefficient (Wildman–Crippen LogP) is 5.42. The van der Waals surface area contributed by atoms with E-state index >= 15 is 0 Å². The number of rotatable bonds is 1. The van der Waals surface area contributed by atoms with Crippen LogP contribution in [0.15, 0.2) is 88.6 Å². The Kier molecular flexibility index (Phi) is 14.6. The molecular weight excluding hydrogens is 671 g/mol. The van der Waals surface area contributed by atoms with Crippen LogP contribution < -0.4 is 5.32 Å². The van der Waals surface area contributed by atoms with E-state index in [1.165, 1.54) is 44.2 Å². The van der Waals surface area contributed by atoms with Gasteiger partial charge in [0, 0.05) is 41.4 Å². The number of aromatic hydroxyl groups is 1.